The monoisotopic (exact) mass is 678 g/mol. The van der Waals surface area contributed by atoms with Crippen LogP contribution < -0.4 is 20.7 Å². The summed E-state index contributed by atoms with van der Waals surface area (Å²) in [6, 6.07) is 11.2. The van der Waals surface area contributed by atoms with Crippen molar-refractivity contribution in [2.24, 2.45) is 11.8 Å². The van der Waals surface area contributed by atoms with Crippen LogP contribution in [0, 0.1) is 11.8 Å². The summed E-state index contributed by atoms with van der Waals surface area (Å²) >= 11 is 6.60. The molecular formula is C32H37ClF2N4O6S. The molecule has 14 heteroatoms. The van der Waals surface area contributed by atoms with E-state index in [0.717, 1.165) is 18.9 Å². The number of hydrogen-bond donors (Lipinski definition) is 4. The number of carbonyl (C=O) groups excluding carboxylic acids is 5. The molecule has 248 valence electrons. The van der Waals surface area contributed by atoms with Crippen molar-refractivity contribution in [3.05, 3.63) is 70.7 Å². The Morgan fingerprint density at radius 2 is 1.78 bits per heavy atom. The van der Waals surface area contributed by atoms with Crippen LogP contribution in [-0.2, 0) is 29.8 Å². The van der Waals surface area contributed by atoms with Crippen molar-refractivity contribution in [1.82, 2.24) is 20.7 Å². The molecule has 1 heterocycles. The van der Waals surface area contributed by atoms with Crippen molar-refractivity contribution in [1.29, 1.82) is 0 Å². The molecule has 2 aromatic carbocycles. The third-order valence-electron chi connectivity index (χ3n) is 7.58. The van der Waals surface area contributed by atoms with E-state index in [2.05, 4.69) is 20.7 Å². The number of ketones is 1. The fraction of sp³-hybridized carbons (Fsp3) is 0.469. The van der Waals surface area contributed by atoms with Gasteiger partial charge in [-0.25, -0.2) is 4.79 Å². The third kappa shape index (κ3) is 9.65. The first kappa shape index (κ1) is 35.1. The normalized spacial score (nSPS) is 18.2. The lowest BCUT2D eigenvalue weighted by molar-refractivity contribution is -0.140. The van der Waals surface area contributed by atoms with Crippen LogP contribution in [0.5, 0.6) is 0 Å². The summed E-state index contributed by atoms with van der Waals surface area (Å²) in [4.78, 5) is 64.4. The lowest BCUT2D eigenvalue weighted by Crippen LogP contribution is -2.51. The number of halogens is 3. The molecular weight excluding hydrogens is 642 g/mol. The standard InChI is InChI=1S/C32H37ClF2N4O6S/c1-18(2)15-25(29(42)38-24(16-20-13-14-36-28(20)41)26(40)30(43)37-23-11-12-23)46-39-31(44)45-27(19-7-4-3-5-8-19)32(34,35)21-9-6-10-22(33)17-21/h3-10,17-18,20,23-25,27H,11-16H2,1-2H3,(H,36,41)(H,37,43)(H,38,42)(H,39,44)/t20-,24-,25-,27-/m0/s1. The maximum Gasteiger partial charge on any atom is 0.418 e. The van der Waals surface area contributed by atoms with E-state index in [0.29, 0.717) is 24.9 Å². The predicted octanol–water partition coefficient (Wildman–Crippen LogP) is 4.82. The van der Waals surface area contributed by atoms with E-state index in [4.69, 9.17) is 16.3 Å². The minimum atomic E-state index is -3.68. The van der Waals surface area contributed by atoms with E-state index in [1.807, 2.05) is 13.8 Å². The average Bonchev–Trinajstić information content (AvgIpc) is 3.75. The number of Topliss-reactive ketones (excluding diaryl/α,β-unsaturated/α-hetero) is 1. The van der Waals surface area contributed by atoms with Gasteiger partial charge in [-0.2, -0.15) is 8.78 Å². The molecule has 1 aliphatic carbocycles. The van der Waals surface area contributed by atoms with Gasteiger partial charge in [0.05, 0.1) is 6.04 Å². The fourth-order valence-electron chi connectivity index (χ4n) is 5.01. The second-order valence-electron chi connectivity index (χ2n) is 11.9. The summed E-state index contributed by atoms with van der Waals surface area (Å²) < 4.78 is 39.2. The van der Waals surface area contributed by atoms with Gasteiger partial charge in [-0.3, -0.25) is 23.9 Å². The van der Waals surface area contributed by atoms with Gasteiger partial charge < -0.3 is 20.7 Å². The molecule has 1 saturated heterocycles. The average molecular weight is 679 g/mol. The van der Waals surface area contributed by atoms with E-state index in [1.54, 1.807) is 6.07 Å². The zero-order valence-electron chi connectivity index (χ0n) is 25.4. The molecule has 4 N–H and O–H groups in total. The number of ether oxygens (including phenoxy) is 1. The lowest BCUT2D eigenvalue weighted by atomic mass is 9.95. The molecule has 2 aliphatic rings. The Morgan fingerprint density at radius 1 is 1.07 bits per heavy atom. The van der Waals surface area contributed by atoms with Gasteiger partial charge in [0, 0.05) is 29.1 Å². The highest BCUT2D eigenvalue weighted by atomic mass is 35.5. The van der Waals surface area contributed by atoms with Gasteiger partial charge >= 0.3 is 12.0 Å². The van der Waals surface area contributed by atoms with Gasteiger partial charge in [0.15, 0.2) is 6.10 Å². The second-order valence-corrected chi connectivity index (χ2v) is 13.3. The molecule has 0 bridgehead atoms. The van der Waals surface area contributed by atoms with Gasteiger partial charge in [0.2, 0.25) is 17.6 Å². The minimum absolute atomic E-state index is 0.0332. The van der Waals surface area contributed by atoms with E-state index in [1.165, 1.54) is 42.5 Å². The van der Waals surface area contributed by atoms with Gasteiger partial charge in [0.25, 0.3) is 5.91 Å². The molecule has 10 nitrogen and oxygen atoms in total. The molecule has 2 fully saturated rings. The van der Waals surface area contributed by atoms with E-state index in [-0.39, 0.29) is 41.3 Å². The molecule has 0 aromatic heterocycles. The van der Waals surface area contributed by atoms with Gasteiger partial charge in [-0.1, -0.05) is 67.9 Å². The van der Waals surface area contributed by atoms with Crippen molar-refractivity contribution in [2.75, 3.05) is 6.54 Å². The molecule has 1 saturated carbocycles. The number of benzene rings is 2. The predicted molar refractivity (Wildman–Crippen MR) is 169 cm³/mol. The second kappa shape index (κ2) is 15.7. The highest BCUT2D eigenvalue weighted by Gasteiger charge is 2.46. The third-order valence-corrected chi connectivity index (χ3v) is 8.79. The Hall–Kier alpha value is -3.71. The molecule has 0 spiro atoms. The van der Waals surface area contributed by atoms with Crippen molar-refractivity contribution < 1.29 is 37.5 Å². The smallest absolute Gasteiger partial charge is 0.418 e. The van der Waals surface area contributed by atoms with Gasteiger partial charge in [-0.05, 0) is 67.7 Å². The van der Waals surface area contributed by atoms with Crippen LogP contribution in [0.2, 0.25) is 5.02 Å². The minimum Gasteiger partial charge on any atom is -0.434 e. The highest BCUT2D eigenvalue weighted by molar-refractivity contribution is 7.99. The molecule has 0 radical (unpaired) electrons. The van der Waals surface area contributed by atoms with Crippen LogP contribution in [0.1, 0.15) is 63.2 Å². The SMILES string of the molecule is CC(C)C[C@H](SNC(=O)O[C@@H](c1ccccc1)C(F)(F)c1cccc(Cl)c1)C(=O)N[C@@H](C[C@@H]1CCNC1=O)C(=O)C(=O)NC1CC1. The first-order chi connectivity index (χ1) is 21.8. The number of alkyl halides is 2. The Kier molecular flexibility index (Phi) is 12.0. The summed E-state index contributed by atoms with van der Waals surface area (Å²) in [6.45, 7) is 4.10. The lowest BCUT2D eigenvalue weighted by Gasteiger charge is -2.28. The van der Waals surface area contributed by atoms with Crippen molar-refractivity contribution in [3.8, 4) is 0 Å². The molecule has 4 atom stereocenters. The Morgan fingerprint density at radius 3 is 2.39 bits per heavy atom. The van der Waals surface area contributed by atoms with E-state index in [9.17, 15) is 24.0 Å². The molecule has 4 rings (SSSR count). The summed E-state index contributed by atoms with van der Waals surface area (Å²) in [5, 5.41) is 7.00. The first-order valence-electron chi connectivity index (χ1n) is 15.1. The number of carbonyl (C=O) groups is 5. The number of nitrogens with one attached hydrogen (secondary N) is 4. The van der Waals surface area contributed by atoms with Crippen molar-refractivity contribution in [2.45, 2.75) is 75.3 Å². The Balaban J connectivity index is 1.47. The number of hydrogen-bond acceptors (Lipinski definition) is 7. The summed E-state index contributed by atoms with van der Waals surface area (Å²) in [5.41, 5.74) is -0.422. The van der Waals surface area contributed by atoms with Crippen molar-refractivity contribution >= 4 is 53.1 Å². The highest BCUT2D eigenvalue weighted by Crippen LogP contribution is 2.43. The summed E-state index contributed by atoms with van der Waals surface area (Å²) in [6.07, 6.45) is -1.14. The summed E-state index contributed by atoms with van der Waals surface area (Å²) in [7, 11) is 0. The molecule has 4 amide bonds. The fourth-order valence-corrected chi connectivity index (χ4v) is 6.14. The van der Waals surface area contributed by atoms with Crippen LogP contribution in [0.4, 0.5) is 13.6 Å². The maximum atomic E-state index is 15.8. The van der Waals surface area contributed by atoms with E-state index >= 15 is 8.78 Å². The van der Waals surface area contributed by atoms with Crippen LogP contribution in [0.15, 0.2) is 54.6 Å². The quantitative estimate of drug-likeness (QED) is 0.156. The topological polar surface area (TPSA) is 143 Å². The molecule has 1 aliphatic heterocycles. The molecule has 46 heavy (non-hydrogen) atoms. The summed E-state index contributed by atoms with van der Waals surface area (Å²) in [5.74, 6) is -6.94. The van der Waals surface area contributed by atoms with Crippen LogP contribution >= 0.6 is 23.5 Å². The first-order valence-corrected chi connectivity index (χ1v) is 16.3. The number of rotatable bonds is 15. The zero-order valence-corrected chi connectivity index (χ0v) is 27.0. The maximum absolute atomic E-state index is 15.8. The van der Waals surface area contributed by atoms with Gasteiger partial charge in [-0.15, -0.1) is 0 Å². The van der Waals surface area contributed by atoms with E-state index < -0.39 is 58.5 Å². The molecule has 2 aromatic rings. The van der Waals surface area contributed by atoms with Crippen molar-refractivity contribution in [3.63, 3.8) is 0 Å². The molecule has 0 unspecified atom stereocenters. The Bertz CT molecular complexity index is 1430. The number of amides is 4. The van der Waals surface area contributed by atoms with Crippen LogP contribution in [0.3, 0.4) is 0 Å². The van der Waals surface area contributed by atoms with Gasteiger partial charge in [0.1, 0.15) is 5.25 Å². The zero-order chi connectivity index (χ0) is 33.4. The van der Waals surface area contributed by atoms with Crippen LogP contribution in [0.25, 0.3) is 0 Å². The Labute approximate surface area is 275 Å². The van der Waals surface area contributed by atoms with Crippen LogP contribution in [-0.4, -0.2) is 53.5 Å². The largest absolute Gasteiger partial charge is 0.434 e.